The molecule has 2 aromatic carbocycles. The lowest BCUT2D eigenvalue weighted by molar-refractivity contribution is -0.130. The number of hydrogen-bond acceptors (Lipinski definition) is 3. The van der Waals surface area contributed by atoms with Gasteiger partial charge in [0.15, 0.2) is 5.75 Å². The van der Waals surface area contributed by atoms with Crippen LogP contribution in [0.5, 0.6) is 5.75 Å². The van der Waals surface area contributed by atoms with E-state index in [2.05, 4.69) is 26.1 Å². The fourth-order valence-corrected chi connectivity index (χ4v) is 2.24. The third-order valence-electron chi connectivity index (χ3n) is 3.17. The lowest BCUT2D eigenvalue weighted by Crippen LogP contribution is -2.11. The number of thiol groups is 1. The minimum absolute atomic E-state index is 0.370. The molecule has 0 amide bonds. The summed E-state index contributed by atoms with van der Waals surface area (Å²) in [6, 6.07) is 11.6. The van der Waals surface area contributed by atoms with Gasteiger partial charge < -0.3 is 4.74 Å². The SMILES string of the molecule is C=C(CCCC)C(=O)Oc1c(S)ccc2ccccc12. The Balaban J connectivity index is 2.27. The summed E-state index contributed by atoms with van der Waals surface area (Å²) in [7, 11) is 0. The average molecular weight is 286 g/mol. The summed E-state index contributed by atoms with van der Waals surface area (Å²) in [4.78, 5) is 12.7. The van der Waals surface area contributed by atoms with Gasteiger partial charge in [-0.15, -0.1) is 12.6 Å². The first kappa shape index (κ1) is 14.7. The van der Waals surface area contributed by atoms with Crippen molar-refractivity contribution in [2.75, 3.05) is 0 Å². The number of esters is 1. The molecule has 104 valence electrons. The second kappa shape index (κ2) is 6.62. The van der Waals surface area contributed by atoms with Crippen LogP contribution in [0.3, 0.4) is 0 Å². The fraction of sp³-hybridized carbons (Fsp3) is 0.235. The van der Waals surface area contributed by atoms with Crippen molar-refractivity contribution in [3.63, 3.8) is 0 Å². The van der Waals surface area contributed by atoms with Crippen LogP contribution >= 0.6 is 12.6 Å². The van der Waals surface area contributed by atoms with Crippen molar-refractivity contribution in [1.29, 1.82) is 0 Å². The van der Waals surface area contributed by atoms with E-state index in [0.29, 0.717) is 22.6 Å². The highest BCUT2D eigenvalue weighted by molar-refractivity contribution is 7.80. The Labute approximate surface area is 124 Å². The van der Waals surface area contributed by atoms with E-state index in [1.807, 2.05) is 36.4 Å². The number of fused-ring (bicyclic) bond motifs is 1. The normalized spacial score (nSPS) is 10.5. The zero-order valence-corrected chi connectivity index (χ0v) is 12.5. The van der Waals surface area contributed by atoms with Crippen LogP contribution in [0.15, 0.2) is 53.4 Å². The lowest BCUT2D eigenvalue weighted by Gasteiger charge is -2.11. The van der Waals surface area contributed by atoms with E-state index < -0.39 is 0 Å². The van der Waals surface area contributed by atoms with Crippen molar-refractivity contribution in [2.45, 2.75) is 31.1 Å². The molecule has 0 aliphatic rings. The van der Waals surface area contributed by atoms with Gasteiger partial charge in [-0.05, 0) is 24.3 Å². The largest absolute Gasteiger partial charge is 0.421 e. The molecular formula is C17H18O2S. The Morgan fingerprint density at radius 3 is 2.75 bits per heavy atom. The number of rotatable bonds is 5. The van der Waals surface area contributed by atoms with Gasteiger partial charge in [-0.3, -0.25) is 0 Å². The average Bonchev–Trinajstić information content (AvgIpc) is 2.47. The zero-order valence-electron chi connectivity index (χ0n) is 11.6. The molecule has 0 unspecified atom stereocenters. The van der Waals surface area contributed by atoms with Crippen LogP contribution in [0, 0.1) is 0 Å². The third-order valence-corrected chi connectivity index (χ3v) is 3.53. The first-order valence-electron chi connectivity index (χ1n) is 6.74. The van der Waals surface area contributed by atoms with Gasteiger partial charge in [0.1, 0.15) is 0 Å². The summed E-state index contributed by atoms with van der Waals surface area (Å²) in [5.74, 6) is 0.138. The molecule has 0 fully saturated rings. The second-order valence-electron chi connectivity index (χ2n) is 4.73. The fourth-order valence-electron chi connectivity index (χ4n) is 2.00. The maximum atomic E-state index is 12.1. The predicted octanol–water partition coefficient (Wildman–Crippen LogP) is 4.78. The molecule has 0 aromatic heterocycles. The van der Waals surface area contributed by atoms with Crippen LogP contribution in [-0.2, 0) is 4.79 Å². The molecule has 2 nitrogen and oxygen atoms in total. The lowest BCUT2D eigenvalue weighted by atomic mass is 10.1. The van der Waals surface area contributed by atoms with Crippen molar-refractivity contribution in [3.8, 4) is 5.75 Å². The molecule has 0 aliphatic heterocycles. The number of unbranched alkanes of at least 4 members (excludes halogenated alkanes) is 1. The monoisotopic (exact) mass is 286 g/mol. The highest BCUT2D eigenvalue weighted by atomic mass is 32.1. The van der Waals surface area contributed by atoms with E-state index in [0.717, 1.165) is 23.6 Å². The van der Waals surface area contributed by atoms with Gasteiger partial charge in [-0.1, -0.05) is 50.3 Å². The molecule has 0 atom stereocenters. The number of benzene rings is 2. The van der Waals surface area contributed by atoms with E-state index in [1.54, 1.807) is 0 Å². The Morgan fingerprint density at radius 1 is 1.25 bits per heavy atom. The van der Waals surface area contributed by atoms with Gasteiger partial charge in [-0.25, -0.2) is 4.79 Å². The topological polar surface area (TPSA) is 26.3 Å². The molecular weight excluding hydrogens is 268 g/mol. The van der Waals surface area contributed by atoms with Gasteiger partial charge in [0.2, 0.25) is 0 Å². The van der Waals surface area contributed by atoms with E-state index >= 15 is 0 Å². The minimum atomic E-state index is -0.370. The maximum Gasteiger partial charge on any atom is 0.338 e. The first-order chi connectivity index (χ1) is 9.63. The molecule has 0 bridgehead atoms. The highest BCUT2D eigenvalue weighted by Gasteiger charge is 2.14. The Kier molecular flexibility index (Phi) is 4.85. The van der Waals surface area contributed by atoms with Gasteiger partial charge in [0.25, 0.3) is 0 Å². The van der Waals surface area contributed by atoms with Crippen LogP contribution in [0.1, 0.15) is 26.2 Å². The van der Waals surface area contributed by atoms with Crippen molar-refractivity contribution < 1.29 is 9.53 Å². The Bertz CT molecular complexity index is 646. The molecule has 0 aliphatic carbocycles. The van der Waals surface area contributed by atoms with E-state index in [4.69, 9.17) is 4.74 Å². The van der Waals surface area contributed by atoms with Crippen molar-refractivity contribution in [2.24, 2.45) is 0 Å². The molecule has 20 heavy (non-hydrogen) atoms. The second-order valence-corrected chi connectivity index (χ2v) is 5.21. The summed E-state index contributed by atoms with van der Waals surface area (Å²) in [6.45, 7) is 5.88. The molecule has 0 saturated heterocycles. The van der Waals surface area contributed by atoms with Crippen molar-refractivity contribution in [3.05, 3.63) is 48.6 Å². The van der Waals surface area contributed by atoms with Crippen LogP contribution in [0.4, 0.5) is 0 Å². The Morgan fingerprint density at radius 2 is 2.00 bits per heavy atom. The molecule has 0 spiro atoms. The standard InChI is InChI=1S/C17H18O2S/c1-3-4-7-12(2)17(18)19-16-14-9-6-5-8-13(14)10-11-15(16)20/h5-6,8-11,20H,2-4,7H2,1H3. The minimum Gasteiger partial charge on any atom is -0.421 e. The predicted molar refractivity (Wildman–Crippen MR) is 85.5 cm³/mol. The van der Waals surface area contributed by atoms with Crippen LogP contribution < -0.4 is 4.74 Å². The molecule has 3 heteroatoms. The number of carbonyl (C=O) groups is 1. The molecule has 2 aromatic rings. The molecule has 0 N–H and O–H groups in total. The molecule has 0 radical (unpaired) electrons. The number of ether oxygens (including phenoxy) is 1. The van der Waals surface area contributed by atoms with Crippen LogP contribution in [0.25, 0.3) is 10.8 Å². The van der Waals surface area contributed by atoms with Gasteiger partial charge >= 0.3 is 5.97 Å². The first-order valence-corrected chi connectivity index (χ1v) is 7.19. The van der Waals surface area contributed by atoms with Crippen molar-refractivity contribution in [1.82, 2.24) is 0 Å². The summed E-state index contributed by atoms with van der Waals surface area (Å²) in [5, 5.41) is 1.91. The third kappa shape index (κ3) is 3.23. The summed E-state index contributed by atoms with van der Waals surface area (Å²) in [6.07, 6.45) is 2.64. The van der Waals surface area contributed by atoms with E-state index in [-0.39, 0.29) is 5.97 Å². The Hall–Kier alpha value is -1.74. The van der Waals surface area contributed by atoms with Gasteiger partial charge in [-0.2, -0.15) is 0 Å². The maximum absolute atomic E-state index is 12.1. The highest BCUT2D eigenvalue weighted by Crippen LogP contribution is 2.32. The summed E-state index contributed by atoms with van der Waals surface area (Å²) in [5.41, 5.74) is 0.507. The quantitative estimate of drug-likeness (QED) is 0.370. The summed E-state index contributed by atoms with van der Waals surface area (Å²) < 4.78 is 5.50. The van der Waals surface area contributed by atoms with Crippen LogP contribution in [0.2, 0.25) is 0 Å². The van der Waals surface area contributed by atoms with Crippen LogP contribution in [-0.4, -0.2) is 5.97 Å². The zero-order chi connectivity index (χ0) is 14.5. The smallest absolute Gasteiger partial charge is 0.338 e. The molecule has 0 heterocycles. The molecule has 2 rings (SSSR count). The van der Waals surface area contributed by atoms with E-state index in [9.17, 15) is 4.79 Å². The van der Waals surface area contributed by atoms with Gasteiger partial charge in [0.05, 0.1) is 0 Å². The van der Waals surface area contributed by atoms with E-state index in [1.165, 1.54) is 0 Å². The number of hydrogen-bond donors (Lipinski definition) is 1. The van der Waals surface area contributed by atoms with Gasteiger partial charge in [0, 0.05) is 15.9 Å². The number of carbonyl (C=O) groups excluding carboxylic acids is 1. The van der Waals surface area contributed by atoms with Crippen molar-refractivity contribution >= 4 is 29.4 Å². The summed E-state index contributed by atoms with van der Waals surface area (Å²) >= 11 is 4.38. The molecule has 0 saturated carbocycles.